The average Bonchev–Trinajstić information content (AvgIpc) is 2.28. The van der Waals surface area contributed by atoms with Crippen molar-refractivity contribution >= 4 is 21.6 Å². The molecule has 2 rings (SSSR count). The lowest BCUT2D eigenvalue weighted by Crippen LogP contribution is -2.58. The molecule has 1 saturated carbocycles. The van der Waals surface area contributed by atoms with Crippen LogP contribution in [-0.2, 0) is 4.74 Å². The second-order valence-electron chi connectivity index (χ2n) is 5.09. The summed E-state index contributed by atoms with van der Waals surface area (Å²) in [5.74, 6) is 0. The summed E-state index contributed by atoms with van der Waals surface area (Å²) in [7, 11) is 0. The van der Waals surface area contributed by atoms with Gasteiger partial charge in [-0.2, -0.15) is 0 Å². The van der Waals surface area contributed by atoms with Crippen molar-refractivity contribution in [3.8, 4) is 0 Å². The molecule has 2 unspecified atom stereocenters. The SMILES string of the molecule is CCOC1CC(Nc2cncc(Br)c2)C1(C)C. The van der Waals surface area contributed by atoms with E-state index in [4.69, 9.17) is 4.74 Å². The third kappa shape index (κ3) is 2.63. The van der Waals surface area contributed by atoms with Crippen molar-refractivity contribution in [2.24, 2.45) is 5.41 Å². The standard InChI is InChI=1S/C13H19BrN2O/c1-4-17-12-6-11(13(12,2)3)16-10-5-9(14)7-15-8-10/h5,7-8,11-12,16H,4,6H2,1-3H3. The largest absolute Gasteiger partial charge is 0.380 e. The van der Waals surface area contributed by atoms with Gasteiger partial charge in [0.1, 0.15) is 0 Å². The Bertz CT molecular complexity index is 395. The lowest BCUT2D eigenvalue weighted by Gasteiger charge is -2.52. The van der Waals surface area contributed by atoms with Gasteiger partial charge in [0.15, 0.2) is 0 Å². The average molecular weight is 299 g/mol. The van der Waals surface area contributed by atoms with Crippen molar-refractivity contribution < 1.29 is 4.74 Å². The highest BCUT2D eigenvalue weighted by Crippen LogP contribution is 2.44. The van der Waals surface area contributed by atoms with E-state index in [0.29, 0.717) is 12.1 Å². The minimum Gasteiger partial charge on any atom is -0.380 e. The predicted octanol–water partition coefficient (Wildman–Crippen LogP) is 3.46. The zero-order valence-corrected chi connectivity index (χ0v) is 12.1. The van der Waals surface area contributed by atoms with Crippen LogP contribution in [0.25, 0.3) is 0 Å². The van der Waals surface area contributed by atoms with Crippen LogP contribution < -0.4 is 5.32 Å². The minimum absolute atomic E-state index is 0.179. The fraction of sp³-hybridized carbons (Fsp3) is 0.615. The molecule has 0 aliphatic heterocycles. The van der Waals surface area contributed by atoms with Crippen molar-refractivity contribution in [2.75, 3.05) is 11.9 Å². The van der Waals surface area contributed by atoms with Crippen molar-refractivity contribution in [3.05, 3.63) is 22.9 Å². The van der Waals surface area contributed by atoms with Crippen LogP contribution in [-0.4, -0.2) is 23.7 Å². The van der Waals surface area contributed by atoms with Crippen LogP contribution in [0.4, 0.5) is 5.69 Å². The molecule has 0 spiro atoms. The quantitative estimate of drug-likeness (QED) is 0.924. The highest BCUT2D eigenvalue weighted by molar-refractivity contribution is 9.10. The smallest absolute Gasteiger partial charge is 0.0665 e. The van der Waals surface area contributed by atoms with Gasteiger partial charge in [0.25, 0.3) is 0 Å². The summed E-state index contributed by atoms with van der Waals surface area (Å²) in [4.78, 5) is 4.16. The van der Waals surface area contributed by atoms with Gasteiger partial charge in [-0.3, -0.25) is 4.98 Å². The first-order valence-electron chi connectivity index (χ1n) is 6.02. The number of anilines is 1. The van der Waals surface area contributed by atoms with Gasteiger partial charge >= 0.3 is 0 Å². The highest BCUT2D eigenvalue weighted by atomic mass is 79.9. The van der Waals surface area contributed by atoms with Gasteiger partial charge in [-0.15, -0.1) is 0 Å². The molecule has 4 heteroatoms. The van der Waals surface area contributed by atoms with Gasteiger partial charge in [-0.05, 0) is 35.3 Å². The van der Waals surface area contributed by atoms with Crippen molar-refractivity contribution in [3.63, 3.8) is 0 Å². The number of hydrogen-bond donors (Lipinski definition) is 1. The number of pyridine rings is 1. The molecule has 94 valence electrons. The second-order valence-corrected chi connectivity index (χ2v) is 6.01. The van der Waals surface area contributed by atoms with Gasteiger partial charge in [-0.25, -0.2) is 0 Å². The maximum atomic E-state index is 5.72. The molecular formula is C13H19BrN2O. The fourth-order valence-corrected chi connectivity index (χ4v) is 2.67. The number of nitrogens with one attached hydrogen (secondary N) is 1. The number of rotatable bonds is 4. The summed E-state index contributed by atoms with van der Waals surface area (Å²) in [6, 6.07) is 2.51. The van der Waals surface area contributed by atoms with E-state index >= 15 is 0 Å². The molecule has 0 bridgehead atoms. The molecule has 1 aromatic rings. The van der Waals surface area contributed by atoms with Gasteiger partial charge in [0.2, 0.25) is 0 Å². The zero-order valence-electron chi connectivity index (χ0n) is 10.5. The van der Waals surface area contributed by atoms with Crippen LogP contribution in [0.1, 0.15) is 27.2 Å². The summed E-state index contributed by atoms with van der Waals surface area (Å²) < 4.78 is 6.72. The summed E-state index contributed by atoms with van der Waals surface area (Å²) >= 11 is 3.43. The molecule has 1 aromatic heterocycles. The Balaban J connectivity index is 1.98. The summed E-state index contributed by atoms with van der Waals surface area (Å²) in [6.07, 6.45) is 5.08. The Labute approximate surface area is 111 Å². The molecule has 1 fully saturated rings. The molecule has 1 N–H and O–H groups in total. The van der Waals surface area contributed by atoms with Gasteiger partial charge in [0.05, 0.1) is 18.0 Å². The van der Waals surface area contributed by atoms with E-state index < -0.39 is 0 Å². The van der Waals surface area contributed by atoms with E-state index in [-0.39, 0.29) is 5.41 Å². The summed E-state index contributed by atoms with van der Waals surface area (Å²) in [6.45, 7) is 7.34. The molecule has 1 aliphatic rings. The number of nitrogens with zero attached hydrogens (tertiary/aromatic N) is 1. The van der Waals surface area contributed by atoms with E-state index in [2.05, 4.69) is 53.1 Å². The van der Waals surface area contributed by atoms with E-state index in [9.17, 15) is 0 Å². The Morgan fingerprint density at radius 3 is 2.88 bits per heavy atom. The van der Waals surface area contributed by atoms with E-state index in [1.807, 2.05) is 6.20 Å². The first-order chi connectivity index (χ1) is 8.04. The Morgan fingerprint density at radius 2 is 2.29 bits per heavy atom. The fourth-order valence-electron chi connectivity index (χ4n) is 2.31. The highest BCUT2D eigenvalue weighted by Gasteiger charge is 2.48. The van der Waals surface area contributed by atoms with Gasteiger partial charge in [-0.1, -0.05) is 13.8 Å². The first-order valence-corrected chi connectivity index (χ1v) is 6.82. The maximum absolute atomic E-state index is 5.72. The third-order valence-electron chi connectivity index (χ3n) is 3.59. The van der Waals surface area contributed by atoms with Crippen LogP contribution >= 0.6 is 15.9 Å². The Morgan fingerprint density at radius 1 is 1.53 bits per heavy atom. The van der Waals surface area contributed by atoms with Crippen LogP contribution in [0.15, 0.2) is 22.9 Å². The van der Waals surface area contributed by atoms with Crippen molar-refractivity contribution in [2.45, 2.75) is 39.3 Å². The predicted molar refractivity (Wildman–Crippen MR) is 73.2 cm³/mol. The molecule has 17 heavy (non-hydrogen) atoms. The van der Waals surface area contributed by atoms with Gasteiger partial charge in [0, 0.05) is 28.7 Å². The molecule has 1 heterocycles. The van der Waals surface area contributed by atoms with Crippen LogP contribution in [0.3, 0.4) is 0 Å². The van der Waals surface area contributed by atoms with E-state index in [1.165, 1.54) is 0 Å². The Kier molecular flexibility index (Phi) is 3.73. The zero-order chi connectivity index (χ0) is 12.5. The van der Waals surface area contributed by atoms with E-state index in [0.717, 1.165) is 23.2 Å². The number of aromatic nitrogens is 1. The van der Waals surface area contributed by atoms with Crippen LogP contribution in [0.5, 0.6) is 0 Å². The number of ether oxygens (including phenoxy) is 1. The Hall–Kier alpha value is -0.610. The molecular weight excluding hydrogens is 280 g/mol. The molecule has 0 amide bonds. The molecule has 0 aromatic carbocycles. The molecule has 0 saturated heterocycles. The number of halogens is 1. The van der Waals surface area contributed by atoms with Crippen LogP contribution in [0.2, 0.25) is 0 Å². The molecule has 1 aliphatic carbocycles. The maximum Gasteiger partial charge on any atom is 0.0665 e. The normalized spacial score (nSPS) is 26.4. The summed E-state index contributed by atoms with van der Waals surface area (Å²) in [5.41, 5.74) is 1.24. The summed E-state index contributed by atoms with van der Waals surface area (Å²) in [5, 5.41) is 3.53. The second kappa shape index (κ2) is 4.94. The lowest BCUT2D eigenvalue weighted by molar-refractivity contribution is -0.0976. The number of hydrogen-bond acceptors (Lipinski definition) is 3. The molecule has 0 radical (unpaired) electrons. The van der Waals surface area contributed by atoms with E-state index in [1.54, 1.807) is 6.20 Å². The van der Waals surface area contributed by atoms with Crippen molar-refractivity contribution in [1.82, 2.24) is 4.98 Å². The van der Waals surface area contributed by atoms with Gasteiger partial charge < -0.3 is 10.1 Å². The molecule has 2 atom stereocenters. The first kappa shape index (κ1) is 12.8. The minimum atomic E-state index is 0.179. The van der Waals surface area contributed by atoms with Crippen molar-refractivity contribution in [1.29, 1.82) is 0 Å². The third-order valence-corrected chi connectivity index (χ3v) is 4.03. The van der Waals surface area contributed by atoms with Crippen LogP contribution in [0, 0.1) is 5.41 Å². The topological polar surface area (TPSA) is 34.1 Å². The lowest BCUT2D eigenvalue weighted by atomic mass is 9.64. The monoisotopic (exact) mass is 298 g/mol. The molecule has 3 nitrogen and oxygen atoms in total.